The molecule has 0 unspecified atom stereocenters. The fourth-order valence-corrected chi connectivity index (χ4v) is 3.63. The molecule has 1 fully saturated rings. The van der Waals surface area contributed by atoms with Crippen LogP contribution in [0, 0.1) is 0 Å². The van der Waals surface area contributed by atoms with E-state index in [1.54, 1.807) is 28.0 Å². The van der Waals surface area contributed by atoms with E-state index in [0.29, 0.717) is 48.8 Å². The molecule has 0 aliphatic carbocycles. The Morgan fingerprint density at radius 3 is 1.67 bits per heavy atom. The molecule has 0 spiro atoms. The van der Waals surface area contributed by atoms with Gasteiger partial charge in [0.25, 0.3) is 11.8 Å². The van der Waals surface area contributed by atoms with Gasteiger partial charge < -0.3 is 19.3 Å². The molecule has 0 radical (unpaired) electrons. The second-order valence-electron chi connectivity index (χ2n) is 8.45. The molecule has 1 aliphatic heterocycles. The van der Waals surface area contributed by atoms with Gasteiger partial charge in [0.2, 0.25) is 0 Å². The SMILES string of the molecule is COc1cccc(OC)c1C(=O)N1CCN(C(=O)c2ccc(C(C)(C)C)cc2)CC1. The molecule has 30 heavy (non-hydrogen) atoms. The lowest BCUT2D eigenvalue weighted by atomic mass is 9.86. The standard InChI is InChI=1S/C24H30N2O4/c1-24(2,3)18-11-9-17(10-12-18)22(27)25-13-15-26(16-14-25)23(28)21-19(29-4)7-6-8-20(21)30-5/h6-12H,13-16H2,1-5H3. The monoisotopic (exact) mass is 410 g/mol. The molecule has 1 heterocycles. The van der Waals surface area contributed by atoms with Crippen LogP contribution >= 0.6 is 0 Å². The zero-order valence-electron chi connectivity index (χ0n) is 18.4. The van der Waals surface area contributed by atoms with Crippen molar-refractivity contribution in [3.63, 3.8) is 0 Å². The van der Waals surface area contributed by atoms with E-state index in [-0.39, 0.29) is 17.2 Å². The van der Waals surface area contributed by atoms with Gasteiger partial charge in [-0.05, 0) is 35.2 Å². The fourth-order valence-electron chi connectivity index (χ4n) is 3.63. The Morgan fingerprint density at radius 2 is 1.23 bits per heavy atom. The van der Waals surface area contributed by atoms with Gasteiger partial charge in [0.15, 0.2) is 0 Å². The Kier molecular flexibility index (Phi) is 6.34. The van der Waals surface area contributed by atoms with Crippen molar-refractivity contribution >= 4 is 11.8 Å². The van der Waals surface area contributed by atoms with Gasteiger partial charge in [0.1, 0.15) is 17.1 Å². The number of methoxy groups -OCH3 is 2. The topological polar surface area (TPSA) is 59.1 Å². The number of amides is 2. The van der Waals surface area contributed by atoms with E-state index < -0.39 is 0 Å². The highest BCUT2D eigenvalue weighted by molar-refractivity contribution is 6.00. The summed E-state index contributed by atoms with van der Waals surface area (Å²) < 4.78 is 10.7. The molecular formula is C24H30N2O4. The lowest BCUT2D eigenvalue weighted by molar-refractivity contribution is 0.0531. The first-order chi connectivity index (χ1) is 14.3. The molecule has 160 valence electrons. The van der Waals surface area contributed by atoms with E-state index in [1.165, 1.54) is 19.8 Å². The van der Waals surface area contributed by atoms with Crippen LogP contribution < -0.4 is 9.47 Å². The maximum absolute atomic E-state index is 13.1. The molecule has 2 amide bonds. The lowest BCUT2D eigenvalue weighted by Crippen LogP contribution is -2.50. The predicted molar refractivity (Wildman–Crippen MR) is 116 cm³/mol. The number of piperazine rings is 1. The predicted octanol–water partition coefficient (Wildman–Crippen LogP) is 3.60. The van der Waals surface area contributed by atoms with Crippen molar-refractivity contribution in [2.45, 2.75) is 26.2 Å². The van der Waals surface area contributed by atoms with Crippen molar-refractivity contribution in [3.05, 3.63) is 59.2 Å². The number of nitrogens with zero attached hydrogens (tertiary/aromatic N) is 2. The largest absolute Gasteiger partial charge is 0.496 e. The van der Waals surface area contributed by atoms with Crippen molar-refractivity contribution in [2.75, 3.05) is 40.4 Å². The Bertz CT molecular complexity index is 886. The minimum atomic E-state index is -0.147. The van der Waals surface area contributed by atoms with E-state index in [1.807, 2.05) is 24.3 Å². The Hall–Kier alpha value is -3.02. The highest BCUT2D eigenvalue weighted by Crippen LogP contribution is 2.30. The van der Waals surface area contributed by atoms with E-state index >= 15 is 0 Å². The summed E-state index contributed by atoms with van der Waals surface area (Å²) in [5, 5.41) is 0. The summed E-state index contributed by atoms with van der Waals surface area (Å²) in [7, 11) is 3.07. The zero-order chi connectivity index (χ0) is 21.9. The second kappa shape index (κ2) is 8.78. The first-order valence-corrected chi connectivity index (χ1v) is 10.2. The number of ether oxygens (including phenoxy) is 2. The maximum Gasteiger partial charge on any atom is 0.261 e. The quantitative estimate of drug-likeness (QED) is 0.773. The number of hydrogen-bond acceptors (Lipinski definition) is 4. The first-order valence-electron chi connectivity index (χ1n) is 10.2. The van der Waals surface area contributed by atoms with E-state index in [9.17, 15) is 9.59 Å². The van der Waals surface area contributed by atoms with Gasteiger partial charge in [-0.3, -0.25) is 9.59 Å². The summed E-state index contributed by atoms with van der Waals surface area (Å²) >= 11 is 0. The Labute approximate surface area is 178 Å². The molecule has 2 aromatic carbocycles. The number of carbonyl (C=O) groups excluding carboxylic acids is 2. The van der Waals surface area contributed by atoms with Gasteiger partial charge in [0.05, 0.1) is 14.2 Å². The van der Waals surface area contributed by atoms with Gasteiger partial charge >= 0.3 is 0 Å². The minimum Gasteiger partial charge on any atom is -0.496 e. The zero-order valence-corrected chi connectivity index (χ0v) is 18.4. The van der Waals surface area contributed by atoms with Crippen LogP contribution in [-0.4, -0.2) is 62.0 Å². The molecule has 0 N–H and O–H groups in total. The summed E-state index contributed by atoms with van der Waals surface area (Å²) in [6, 6.07) is 13.1. The molecule has 6 heteroatoms. The summed E-state index contributed by atoms with van der Waals surface area (Å²) in [5.41, 5.74) is 2.34. The number of rotatable bonds is 4. The van der Waals surface area contributed by atoms with Crippen LogP contribution in [0.5, 0.6) is 11.5 Å². The van der Waals surface area contributed by atoms with Gasteiger partial charge in [-0.2, -0.15) is 0 Å². The molecule has 6 nitrogen and oxygen atoms in total. The van der Waals surface area contributed by atoms with Crippen LogP contribution in [0.2, 0.25) is 0 Å². The molecule has 0 aromatic heterocycles. The van der Waals surface area contributed by atoms with Crippen molar-refractivity contribution in [2.24, 2.45) is 0 Å². The average Bonchev–Trinajstić information content (AvgIpc) is 2.77. The molecular weight excluding hydrogens is 380 g/mol. The Morgan fingerprint density at radius 1 is 0.767 bits per heavy atom. The van der Waals surface area contributed by atoms with Crippen molar-refractivity contribution in [3.8, 4) is 11.5 Å². The highest BCUT2D eigenvalue weighted by atomic mass is 16.5. The molecule has 1 saturated heterocycles. The lowest BCUT2D eigenvalue weighted by Gasteiger charge is -2.35. The molecule has 3 rings (SSSR count). The molecule has 0 saturated carbocycles. The molecule has 0 atom stereocenters. The van der Waals surface area contributed by atoms with Gasteiger partial charge in [0, 0.05) is 31.7 Å². The van der Waals surface area contributed by atoms with Crippen LogP contribution in [0.15, 0.2) is 42.5 Å². The van der Waals surface area contributed by atoms with Crippen molar-refractivity contribution in [1.82, 2.24) is 9.80 Å². The van der Waals surface area contributed by atoms with Crippen LogP contribution in [-0.2, 0) is 5.41 Å². The van der Waals surface area contributed by atoms with E-state index in [4.69, 9.17) is 9.47 Å². The number of hydrogen-bond donors (Lipinski definition) is 0. The second-order valence-corrected chi connectivity index (χ2v) is 8.45. The molecule has 1 aliphatic rings. The third kappa shape index (κ3) is 4.42. The maximum atomic E-state index is 13.1. The van der Waals surface area contributed by atoms with Gasteiger partial charge in [-0.15, -0.1) is 0 Å². The number of benzene rings is 2. The van der Waals surface area contributed by atoms with Gasteiger partial charge in [-0.25, -0.2) is 0 Å². The number of carbonyl (C=O) groups is 2. The first kappa shape index (κ1) is 21.7. The minimum absolute atomic E-state index is 0.00238. The molecule has 0 bridgehead atoms. The smallest absolute Gasteiger partial charge is 0.261 e. The van der Waals surface area contributed by atoms with E-state index in [2.05, 4.69) is 20.8 Å². The van der Waals surface area contributed by atoms with Crippen LogP contribution in [0.25, 0.3) is 0 Å². The third-order valence-electron chi connectivity index (χ3n) is 5.49. The van der Waals surface area contributed by atoms with Crippen LogP contribution in [0.3, 0.4) is 0 Å². The van der Waals surface area contributed by atoms with Crippen LogP contribution in [0.1, 0.15) is 47.1 Å². The van der Waals surface area contributed by atoms with Gasteiger partial charge in [-0.1, -0.05) is 39.0 Å². The normalized spacial score (nSPS) is 14.4. The van der Waals surface area contributed by atoms with Crippen LogP contribution in [0.4, 0.5) is 0 Å². The average molecular weight is 411 g/mol. The van der Waals surface area contributed by atoms with Crippen molar-refractivity contribution in [1.29, 1.82) is 0 Å². The fraction of sp³-hybridized carbons (Fsp3) is 0.417. The summed E-state index contributed by atoms with van der Waals surface area (Å²) in [6.07, 6.45) is 0. The van der Waals surface area contributed by atoms with Crippen molar-refractivity contribution < 1.29 is 19.1 Å². The highest BCUT2D eigenvalue weighted by Gasteiger charge is 2.29. The third-order valence-corrected chi connectivity index (χ3v) is 5.49. The van der Waals surface area contributed by atoms with E-state index in [0.717, 1.165) is 0 Å². The Balaban J connectivity index is 1.68. The summed E-state index contributed by atoms with van der Waals surface area (Å²) in [4.78, 5) is 29.5. The molecule has 2 aromatic rings. The summed E-state index contributed by atoms with van der Waals surface area (Å²) in [6.45, 7) is 8.36. The summed E-state index contributed by atoms with van der Waals surface area (Å²) in [5.74, 6) is 0.817.